The molecular weight excluding hydrogens is 265 g/mol. The Kier molecular flexibility index (Phi) is 3.16. The summed E-state index contributed by atoms with van der Waals surface area (Å²) < 4.78 is 13.9. The minimum Gasteiger partial charge on any atom is -0.316 e. The van der Waals surface area contributed by atoms with Gasteiger partial charge in [-0.25, -0.2) is 4.39 Å². The first-order valence-electron chi connectivity index (χ1n) is 7.71. The van der Waals surface area contributed by atoms with Gasteiger partial charge in [-0.05, 0) is 55.6 Å². The fraction of sp³-hybridized carbons (Fsp3) is 0.471. The van der Waals surface area contributed by atoms with Gasteiger partial charge in [-0.15, -0.1) is 0 Å². The fourth-order valence-corrected chi connectivity index (χ4v) is 4.01. The molecule has 2 aromatic rings. The van der Waals surface area contributed by atoms with Crippen LogP contribution in [0.1, 0.15) is 12.5 Å². The number of hydrogen-bond donors (Lipinski definition) is 1. The summed E-state index contributed by atoms with van der Waals surface area (Å²) in [6, 6.07) is 7.65. The van der Waals surface area contributed by atoms with E-state index >= 15 is 0 Å². The van der Waals surface area contributed by atoms with Crippen molar-refractivity contribution in [3.05, 3.63) is 41.8 Å². The van der Waals surface area contributed by atoms with E-state index in [0.717, 1.165) is 49.1 Å². The molecular formula is C17H20FN3. The zero-order valence-corrected chi connectivity index (χ0v) is 12.2. The van der Waals surface area contributed by atoms with E-state index < -0.39 is 0 Å². The Morgan fingerprint density at radius 3 is 3.10 bits per heavy atom. The number of hydrogen-bond acceptors (Lipinski definition) is 3. The molecule has 2 saturated heterocycles. The third kappa shape index (κ3) is 2.14. The van der Waals surface area contributed by atoms with Crippen LogP contribution >= 0.6 is 0 Å². The number of benzene rings is 1. The van der Waals surface area contributed by atoms with Crippen molar-refractivity contribution in [1.29, 1.82) is 0 Å². The van der Waals surface area contributed by atoms with Gasteiger partial charge in [0.15, 0.2) is 0 Å². The van der Waals surface area contributed by atoms with Gasteiger partial charge in [0.1, 0.15) is 5.82 Å². The van der Waals surface area contributed by atoms with Crippen molar-refractivity contribution in [3.8, 4) is 0 Å². The summed E-state index contributed by atoms with van der Waals surface area (Å²) in [5.74, 6) is 1.33. The quantitative estimate of drug-likeness (QED) is 0.918. The maximum Gasteiger partial charge on any atom is 0.132 e. The Bertz CT molecular complexity index is 672. The second kappa shape index (κ2) is 5.04. The fourth-order valence-electron chi connectivity index (χ4n) is 4.01. The Morgan fingerprint density at radius 2 is 2.24 bits per heavy atom. The van der Waals surface area contributed by atoms with Crippen molar-refractivity contribution in [1.82, 2.24) is 15.2 Å². The van der Waals surface area contributed by atoms with Crippen molar-refractivity contribution >= 4 is 10.9 Å². The Labute approximate surface area is 124 Å². The summed E-state index contributed by atoms with van der Waals surface area (Å²) in [4.78, 5) is 6.93. The van der Waals surface area contributed by atoms with E-state index in [1.807, 2.05) is 12.1 Å². The number of aromatic nitrogens is 1. The normalized spacial score (nSPS) is 29.1. The highest BCUT2D eigenvalue weighted by atomic mass is 19.1. The van der Waals surface area contributed by atoms with Crippen LogP contribution in [-0.2, 0) is 6.54 Å². The van der Waals surface area contributed by atoms with Crippen LogP contribution in [-0.4, -0.2) is 35.6 Å². The third-order valence-electron chi connectivity index (χ3n) is 5.23. The average Bonchev–Trinajstić information content (AvgIpc) is 3.07. The van der Waals surface area contributed by atoms with Crippen LogP contribution in [0.25, 0.3) is 10.9 Å². The van der Waals surface area contributed by atoms with Crippen molar-refractivity contribution < 1.29 is 4.39 Å². The van der Waals surface area contributed by atoms with Crippen molar-refractivity contribution in [2.24, 2.45) is 11.8 Å². The Hall–Kier alpha value is -1.52. The van der Waals surface area contributed by atoms with Crippen LogP contribution in [0.15, 0.2) is 30.5 Å². The van der Waals surface area contributed by atoms with Gasteiger partial charge in [0.2, 0.25) is 0 Å². The third-order valence-corrected chi connectivity index (χ3v) is 5.23. The van der Waals surface area contributed by atoms with Crippen LogP contribution in [0, 0.1) is 17.7 Å². The van der Waals surface area contributed by atoms with Crippen molar-refractivity contribution in [2.45, 2.75) is 19.5 Å². The van der Waals surface area contributed by atoms with E-state index in [1.54, 1.807) is 18.3 Å². The molecule has 0 bridgehead atoms. The van der Waals surface area contributed by atoms with E-state index in [2.05, 4.69) is 22.1 Å². The molecule has 2 aliphatic rings. The summed E-state index contributed by atoms with van der Waals surface area (Å²) >= 11 is 0. The number of halogens is 1. The van der Waals surface area contributed by atoms with Crippen LogP contribution in [0.2, 0.25) is 0 Å². The largest absolute Gasteiger partial charge is 0.316 e. The molecule has 0 spiro atoms. The number of nitrogens with zero attached hydrogens (tertiary/aromatic N) is 2. The molecule has 3 heterocycles. The van der Waals surface area contributed by atoms with Gasteiger partial charge in [-0.1, -0.05) is 6.07 Å². The van der Waals surface area contributed by atoms with E-state index in [9.17, 15) is 4.39 Å². The monoisotopic (exact) mass is 285 g/mol. The topological polar surface area (TPSA) is 28.2 Å². The number of likely N-dealkylation sites (tertiary alicyclic amines) is 1. The molecule has 2 fully saturated rings. The summed E-state index contributed by atoms with van der Waals surface area (Å²) in [5, 5.41) is 4.12. The molecule has 3 atom stereocenters. The lowest BCUT2D eigenvalue weighted by Crippen LogP contribution is -2.32. The maximum absolute atomic E-state index is 13.9. The second-order valence-electron chi connectivity index (χ2n) is 6.36. The lowest BCUT2D eigenvalue weighted by molar-refractivity contribution is 0.232. The lowest BCUT2D eigenvalue weighted by atomic mass is 9.95. The molecule has 1 N–H and O–H groups in total. The lowest BCUT2D eigenvalue weighted by Gasteiger charge is -2.24. The van der Waals surface area contributed by atoms with Gasteiger partial charge in [-0.2, -0.15) is 0 Å². The Balaban J connectivity index is 1.65. The standard InChI is InChI=1S/C17H20FN3/c1-11-15-8-19-7-13(15)10-21(11)9-12-4-5-16(18)14-3-2-6-20-17(12)14/h2-6,11,13,15,19H,7-10H2,1H3. The maximum atomic E-state index is 13.9. The molecule has 1 aromatic carbocycles. The molecule has 3 unspecified atom stereocenters. The first-order chi connectivity index (χ1) is 10.2. The van der Waals surface area contributed by atoms with E-state index in [0.29, 0.717) is 11.4 Å². The minimum atomic E-state index is -0.183. The zero-order chi connectivity index (χ0) is 14.4. The van der Waals surface area contributed by atoms with E-state index in [4.69, 9.17) is 0 Å². The van der Waals surface area contributed by atoms with Gasteiger partial charge in [0, 0.05) is 30.7 Å². The SMILES string of the molecule is CC1C2CNCC2CN1Cc1ccc(F)c2cccnc12. The minimum absolute atomic E-state index is 0.183. The highest BCUT2D eigenvalue weighted by Gasteiger charge is 2.41. The Morgan fingerprint density at radius 1 is 1.33 bits per heavy atom. The van der Waals surface area contributed by atoms with Crippen LogP contribution in [0.4, 0.5) is 4.39 Å². The summed E-state index contributed by atoms with van der Waals surface area (Å²) in [7, 11) is 0. The van der Waals surface area contributed by atoms with Gasteiger partial charge in [0.05, 0.1) is 5.52 Å². The van der Waals surface area contributed by atoms with Gasteiger partial charge in [0.25, 0.3) is 0 Å². The number of rotatable bonds is 2. The summed E-state index contributed by atoms with van der Waals surface area (Å²) in [5.41, 5.74) is 1.94. The number of nitrogens with one attached hydrogen (secondary N) is 1. The van der Waals surface area contributed by atoms with Gasteiger partial charge >= 0.3 is 0 Å². The second-order valence-corrected chi connectivity index (χ2v) is 6.36. The highest BCUT2D eigenvalue weighted by molar-refractivity contribution is 5.82. The van der Waals surface area contributed by atoms with Crippen LogP contribution < -0.4 is 5.32 Å². The van der Waals surface area contributed by atoms with E-state index in [1.165, 1.54) is 0 Å². The predicted molar refractivity (Wildman–Crippen MR) is 81.4 cm³/mol. The molecule has 3 nitrogen and oxygen atoms in total. The predicted octanol–water partition coefficient (Wildman–Crippen LogP) is 2.41. The van der Waals surface area contributed by atoms with E-state index in [-0.39, 0.29) is 5.82 Å². The number of pyridine rings is 1. The number of fused-ring (bicyclic) bond motifs is 2. The molecule has 110 valence electrons. The summed E-state index contributed by atoms with van der Waals surface area (Å²) in [6.07, 6.45) is 1.75. The van der Waals surface area contributed by atoms with Crippen LogP contribution in [0.3, 0.4) is 0 Å². The molecule has 21 heavy (non-hydrogen) atoms. The molecule has 0 saturated carbocycles. The van der Waals surface area contributed by atoms with Crippen molar-refractivity contribution in [2.75, 3.05) is 19.6 Å². The zero-order valence-electron chi connectivity index (χ0n) is 12.2. The molecule has 1 aromatic heterocycles. The first kappa shape index (κ1) is 13.2. The smallest absolute Gasteiger partial charge is 0.132 e. The first-order valence-corrected chi connectivity index (χ1v) is 7.71. The van der Waals surface area contributed by atoms with Crippen molar-refractivity contribution in [3.63, 3.8) is 0 Å². The molecule has 0 aliphatic carbocycles. The van der Waals surface area contributed by atoms with Crippen LogP contribution in [0.5, 0.6) is 0 Å². The molecule has 0 amide bonds. The summed E-state index contributed by atoms with van der Waals surface area (Å²) in [6.45, 7) is 6.57. The molecule has 2 aliphatic heterocycles. The average molecular weight is 285 g/mol. The van der Waals surface area contributed by atoms with Gasteiger partial charge in [-0.3, -0.25) is 9.88 Å². The van der Waals surface area contributed by atoms with Gasteiger partial charge < -0.3 is 5.32 Å². The molecule has 4 heteroatoms. The highest BCUT2D eigenvalue weighted by Crippen LogP contribution is 2.34. The molecule has 4 rings (SSSR count). The molecule has 0 radical (unpaired) electrons.